The Labute approximate surface area is 163 Å². The predicted molar refractivity (Wildman–Crippen MR) is 108 cm³/mol. The third-order valence-electron chi connectivity index (χ3n) is 3.75. The maximum absolute atomic E-state index is 6.40. The Balaban J connectivity index is 1.83. The Hall–Kier alpha value is -1.59. The maximum Gasteiger partial charge on any atom is 0.195 e. The van der Waals surface area contributed by atoms with E-state index in [1.165, 1.54) is 9.75 Å². The zero-order chi connectivity index (χ0) is 17.4. The number of hydrogen-bond donors (Lipinski definition) is 0. The molecule has 0 aliphatic rings. The van der Waals surface area contributed by atoms with Crippen LogP contribution in [-0.2, 0) is 6.42 Å². The number of thiophene rings is 2. The quantitative estimate of drug-likeness (QED) is 0.348. The lowest BCUT2D eigenvalue weighted by Gasteiger charge is -2.03. The highest BCUT2D eigenvalue weighted by molar-refractivity contribution is 7.23. The smallest absolute Gasteiger partial charge is 0.195 e. The second kappa shape index (κ2) is 6.96. The van der Waals surface area contributed by atoms with Gasteiger partial charge in [0.25, 0.3) is 0 Å². The number of hydrogen-bond acceptors (Lipinski definition) is 4. The highest BCUT2D eigenvalue weighted by Crippen LogP contribution is 2.42. The van der Waals surface area contributed by atoms with Crippen molar-refractivity contribution in [3.8, 4) is 31.6 Å². The summed E-state index contributed by atoms with van der Waals surface area (Å²) in [5.41, 5.74) is 1.59. The van der Waals surface area contributed by atoms with Gasteiger partial charge in [-0.3, -0.25) is 0 Å². The van der Waals surface area contributed by atoms with Gasteiger partial charge in [0.15, 0.2) is 11.7 Å². The van der Waals surface area contributed by atoms with Crippen LogP contribution in [0.1, 0.15) is 12.8 Å². The Morgan fingerprint density at radius 1 is 1.04 bits per heavy atom. The van der Waals surface area contributed by atoms with Crippen LogP contribution in [0.5, 0.6) is 0 Å². The molecule has 6 heteroatoms. The first-order valence-corrected chi connectivity index (χ1v) is 10.2. The van der Waals surface area contributed by atoms with Gasteiger partial charge < -0.3 is 4.42 Å². The van der Waals surface area contributed by atoms with Crippen LogP contribution in [-0.4, -0.2) is 4.98 Å². The topological polar surface area (TPSA) is 26.0 Å². The number of aromatic nitrogens is 1. The summed E-state index contributed by atoms with van der Waals surface area (Å²) in [6, 6.07) is 13.8. The Morgan fingerprint density at radius 3 is 2.60 bits per heavy atom. The summed E-state index contributed by atoms with van der Waals surface area (Å²) in [5.74, 6) is 1.45. The summed E-state index contributed by atoms with van der Waals surface area (Å²) in [7, 11) is 0. The lowest BCUT2D eigenvalue weighted by Crippen LogP contribution is -1.84. The Kier molecular flexibility index (Phi) is 4.69. The molecule has 126 valence electrons. The van der Waals surface area contributed by atoms with Crippen molar-refractivity contribution >= 4 is 45.9 Å². The summed E-state index contributed by atoms with van der Waals surface area (Å²) in [6.07, 6.45) is 0.724. The van der Waals surface area contributed by atoms with Crippen LogP contribution in [0.25, 0.3) is 31.6 Å². The summed E-state index contributed by atoms with van der Waals surface area (Å²) in [5, 5.41) is 3.25. The second-order valence-corrected chi connectivity index (χ2v) is 8.28. The number of benzene rings is 1. The fourth-order valence-corrected chi connectivity index (χ4v) is 4.88. The standard InChI is InChI=1S/C19H13Cl2NOS2/c1-2-17-22-18(12-6-5-11(20)10-13(12)21)19(23-17)16-8-7-15(25-16)14-4-3-9-24-14/h3-10H,2H2,1H3. The molecule has 0 amide bonds. The molecule has 3 aromatic heterocycles. The van der Waals surface area contributed by atoms with E-state index in [4.69, 9.17) is 27.6 Å². The Morgan fingerprint density at radius 2 is 1.88 bits per heavy atom. The first kappa shape index (κ1) is 16.9. The van der Waals surface area contributed by atoms with Gasteiger partial charge in [-0.2, -0.15) is 0 Å². The van der Waals surface area contributed by atoms with Crippen molar-refractivity contribution in [2.24, 2.45) is 0 Å². The normalized spacial score (nSPS) is 11.2. The summed E-state index contributed by atoms with van der Waals surface area (Å²) in [4.78, 5) is 8.15. The molecule has 0 saturated carbocycles. The van der Waals surface area contributed by atoms with E-state index in [0.29, 0.717) is 15.9 Å². The molecule has 0 radical (unpaired) electrons. The third-order valence-corrected chi connectivity index (χ3v) is 6.45. The van der Waals surface area contributed by atoms with Gasteiger partial charge in [-0.05, 0) is 41.8 Å². The lowest BCUT2D eigenvalue weighted by atomic mass is 10.1. The first-order valence-electron chi connectivity index (χ1n) is 7.75. The predicted octanol–water partition coefficient (Wildman–Crippen LogP) is 7.67. The molecule has 3 heterocycles. The molecular formula is C19H13Cl2NOS2. The van der Waals surface area contributed by atoms with Gasteiger partial charge in [-0.1, -0.05) is 36.2 Å². The van der Waals surface area contributed by atoms with Crippen LogP contribution < -0.4 is 0 Å². The average molecular weight is 406 g/mol. The molecule has 2 nitrogen and oxygen atoms in total. The van der Waals surface area contributed by atoms with Gasteiger partial charge in [0.05, 0.1) is 9.90 Å². The largest absolute Gasteiger partial charge is 0.439 e. The van der Waals surface area contributed by atoms with Crippen molar-refractivity contribution in [2.45, 2.75) is 13.3 Å². The minimum absolute atomic E-state index is 0.569. The van der Waals surface area contributed by atoms with Gasteiger partial charge in [0.1, 0.15) is 5.69 Å². The monoisotopic (exact) mass is 405 g/mol. The Bertz CT molecular complexity index is 1020. The summed E-state index contributed by atoms with van der Waals surface area (Å²) >= 11 is 15.9. The van der Waals surface area contributed by atoms with E-state index in [1.807, 2.05) is 19.1 Å². The number of oxazole rings is 1. The van der Waals surface area contributed by atoms with E-state index in [0.717, 1.165) is 28.3 Å². The SMILES string of the molecule is CCc1nc(-c2ccc(Cl)cc2Cl)c(-c2ccc(-c3cccs3)s2)o1. The van der Waals surface area contributed by atoms with Gasteiger partial charge in [0, 0.05) is 26.8 Å². The highest BCUT2D eigenvalue weighted by Gasteiger charge is 2.20. The number of rotatable bonds is 4. The molecule has 25 heavy (non-hydrogen) atoms. The van der Waals surface area contributed by atoms with Crippen molar-refractivity contribution in [3.63, 3.8) is 0 Å². The highest BCUT2D eigenvalue weighted by atomic mass is 35.5. The first-order chi connectivity index (χ1) is 12.2. The molecule has 0 aliphatic heterocycles. The summed E-state index contributed by atoms with van der Waals surface area (Å²) in [6.45, 7) is 2.02. The molecule has 0 saturated heterocycles. The van der Waals surface area contributed by atoms with Crippen LogP contribution in [0.4, 0.5) is 0 Å². The molecule has 0 aliphatic carbocycles. The van der Waals surface area contributed by atoms with Gasteiger partial charge in [-0.25, -0.2) is 4.98 Å². The number of aryl methyl sites for hydroxylation is 1. The lowest BCUT2D eigenvalue weighted by molar-refractivity contribution is 0.515. The molecule has 4 aromatic rings. The average Bonchev–Trinajstić information content (AvgIpc) is 3.33. The maximum atomic E-state index is 6.40. The molecule has 1 aromatic carbocycles. The van der Waals surface area contributed by atoms with Crippen molar-refractivity contribution in [1.82, 2.24) is 4.98 Å². The van der Waals surface area contributed by atoms with E-state index >= 15 is 0 Å². The van der Waals surface area contributed by atoms with Crippen LogP contribution in [0, 0.1) is 0 Å². The van der Waals surface area contributed by atoms with Crippen molar-refractivity contribution in [1.29, 1.82) is 0 Å². The molecule has 0 spiro atoms. The third kappa shape index (κ3) is 3.27. The fourth-order valence-electron chi connectivity index (χ4n) is 2.56. The van der Waals surface area contributed by atoms with Crippen LogP contribution in [0.3, 0.4) is 0 Å². The number of halogens is 2. The molecule has 0 atom stereocenters. The van der Waals surface area contributed by atoms with E-state index in [1.54, 1.807) is 28.7 Å². The summed E-state index contributed by atoms with van der Waals surface area (Å²) < 4.78 is 6.03. The van der Waals surface area contributed by atoms with Crippen LogP contribution >= 0.6 is 45.9 Å². The zero-order valence-corrected chi connectivity index (χ0v) is 16.4. The van der Waals surface area contributed by atoms with Crippen molar-refractivity contribution < 1.29 is 4.42 Å². The minimum Gasteiger partial charge on any atom is -0.439 e. The number of nitrogens with zero attached hydrogens (tertiary/aromatic N) is 1. The van der Waals surface area contributed by atoms with Crippen LogP contribution in [0.2, 0.25) is 10.0 Å². The zero-order valence-electron chi connectivity index (χ0n) is 13.3. The van der Waals surface area contributed by atoms with Crippen molar-refractivity contribution in [2.75, 3.05) is 0 Å². The van der Waals surface area contributed by atoms with E-state index < -0.39 is 0 Å². The molecular weight excluding hydrogens is 393 g/mol. The molecule has 0 bridgehead atoms. The van der Waals surface area contributed by atoms with E-state index in [-0.39, 0.29) is 0 Å². The second-order valence-electron chi connectivity index (χ2n) is 5.40. The van der Waals surface area contributed by atoms with Gasteiger partial charge in [-0.15, -0.1) is 22.7 Å². The minimum atomic E-state index is 0.569. The van der Waals surface area contributed by atoms with Crippen molar-refractivity contribution in [3.05, 3.63) is 63.8 Å². The molecule has 4 rings (SSSR count). The van der Waals surface area contributed by atoms with Crippen LogP contribution in [0.15, 0.2) is 52.3 Å². The molecule has 0 unspecified atom stereocenters. The molecule has 0 fully saturated rings. The van der Waals surface area contributed by atoms with E-state index in [9.17, 15) is 0 Å². The van der Waals surface area contributed by atoms with Gasteiger partial charge in [0.2, 0.25) is 0 Å². The van der Waals surface area contributed by atoms with E-state index in [2.05, 4.69) is 34.6 Å². The fraction of sp³-hybridized carbons (Fsp3) is 0.105. The van der Waals surface area contributed by atoms with Gasteiger partial charge >= 0.3 is 0 Å². The molecule has 0 N–H and O–H groups in total.